The van der Waals surface area contributed by atoms with Gasteiger partial charge in [-0.25, -0.2) is 0 Å². The molecular formula is C12H4Cl4N2O4. The van der Waals surface area contributed by atoms with Crippen LogP contribution in [-0.2, 0) is 0 Å². The topological polar surface area (TPSA) is 86.3 Å². The Bertz CT molecular complexity index is 696. The Balaban J connectivity index is 2.72. The van der Waals surface area contributed by atoms with Gasteiger partial charge in [-0.1, -0.05) is 46.4 Å². The lowest BCUT2D eigenvalue weighted by atomic mass is 10.0. The molecule has 0 N–H and O–H groups in total. The molecule has 0 aromatic heterocycles. The smallest absolute Gasteiger partial charge is 0.258 e. The third-order valence-electron chi connectivity index (χ3n) is 2.73. The average Bonchev–Trinajstić information content (AvgIpc) is 2.40. The molecule has 10 heteroatoms. The van der Waals surface area contributed by atoms with Crippen molar-refractivity contribution in [3.8, 4) is 11.1 Å². The van der Waals surface area contributed by atoms with E-state index in [-0.39, 0.29) is 42.6 Å². The van der Waals surface area contributed by atoms with Gasteiger partial charge in [-0.2, -0.15) is 0 Å². The van der Waals surface area contributed by atoms with E-state index in [4.69, 9.17) is 46.4 Å². The predicted molar refractivity (Wildman–Crippen MR) is 85.2 cm³/mol. The zero-order valence-electron chi connectivity index (χ0n) is 10.3. The summed E-state index contributed by atoms with van der Waals surface area (Å²) < 4.78 is 0. The van der Waals surface area contributed by atoms with Crippen LogP contribution in [0, 0.1) is 20.2 Å². The highest BCUT2D eigenvalue weighted by Crippen LogP contribution is 2.45. The van der Waals surface area contributed by atoms with Crippen LogP contribution in [0.4, 0.5) is 11.4 Å². The molecular weight excluding hydrogens is 378 g/mol. The monoisotopic (exact) mass is 380 g/mol. The van der Waals surface area contributed by atoms with Crippen LogP contribution >= 0.6 is 46.4 Å². The van der Waals surface area contributed by atoms with E-state index in [0.29, 0.717) is 0 Å². The fourth-order valence-corrected chi connectivity index (χ4v) is 3.14. The fraction of sp³-hybridized carbons (Fsp3) is 0. The second kappa shape index (κ2) is 6.26. The molecule has 2 aromatic carbocycles. The quantitative estimate of drug-likeness (QED) is 0.497. The standard InChI is InChI=1S/C12H4Cl4N2O4/c13-7-1-5(17(19)20)2-8(14)11(7)12-9(15)3-6(18(21)22)4-10(12)16/h1-4H. The van der Waals surface area contributed by atoms with E-state index in [0.717, 1.165) is 24.3 Å². The van der Waals surface area contributed by atoms with E-state index in [1.54, 1.807) is 0 Å². The van der Waals surface area contributed by atoms with Crippen LogP contribution in [0.1, 0.15) is 0 Å². The lowest BCUT2D eigenvalue weighted by molar-refractivity contribution is -0.385. The molecule has 2 aromatic rings. The van der Waals surface area contributed by atoms with Crippen LogP contribution in [-0.4, -0.2) is 9.85 Å². The lowest BCUT2D eigenvalue weighted by Crippen LogP contribution is -1.93. The molecule has 114 valence electrons. The zero-order chi connectivity index (χ0) is 16.6. The van der Waals surface area contributed by atoms with Crippen LogP contribution in [0.3, 0.4) is 0 Å². The normalized spacial score (nSPS) is 10.5. The fourth-order valence-electron chi connectivity index (χ4n) is 1.81. The van der Waals surface area contributed by atoms with Crippen molar-refractivity contribution in [2.45, 2.75) is 0 Å². The highest BCUT2D eigenvalue weighted by molar-refractivity contribution is 6.44. The Kier molecular flexibility index (Phi) is 4.77. The highest BCUT2D eigenvalue weighted by Gasteiger charge is 2.22. The second-order valence-corrected chi connectivity index (χ2v) is 5.71. The van der Waals surface area contributed by atoms with Crippen LogP contribution in [0.5, 0.6) is 0 Å². The van der Waals surface area contributed by atoms with Gasteiger partial charge < -0.3 is 0 Å². The van der Waals surface area contributed by atoms with E-state index in [9.17, 15) is 20.2 Å². The molecule has 0 aliphatic heterocycles. The first-order chi connectivity index (χ1) is 10.2. The van der Waals surface area contributed by atoms with Gasteiger partial charge in [0.15, 0.2) is 0 Å². The van der Waals surface area contributed by atoms with Crippen molar-refractivity contribution in [2.24, 2.45) is 0 Å². The van der Waals surface area contributed by atoms with Crippen molar-refractivity contribution in [2.75, 3.05) is 0 Å². The number of hydrogen-bond acceptors (Lipinski definition) is 4. The minimum Gasteiger partial charge on any atom is -0.258 e. The largest absolute Gasteiger partial charge is 0.272 e. The second-order valence-electron chi connectivity index (χ2n) is 4.08. The Morgan fingerprint density at radius 2 is 0.864 bits per heavy atom. The number of nitro benzene ring substituents is 2. The molecule has 0 heterocycles. The summed E-state index contributed by atoms with van der Waals surface area (Å²) in [6.07, 6.45) is 0. The minimum absolute atomic E-state index is 0.0446. The third kappa shape index (κ3) is 3.10. The molecule has 0 unspecified atom stereocenters. The number of non-ortho nitro benzene ring substituents is 2. The summed E-state index contributed by atoms with van der Waals surface area (Å²) in [5, 5.41) is 21.4. The van der Waals surface area contributed by atoms with E-state index >= 15 is 0 Å². The summed E-state index contributed by atoms with van der Waals surface area (Å²) >= 11 is 24.1. The maximum atomic E-state index is 10.8. The molecule has 0 aliphatic carbocycles. The lowest BCUT2D eigenvalue weighted by Gasteiger charge is -2.11. The van der Waals surface area contributed by atoms with Gasteiger partial charge in [0.05, 0.1) is 29.9 Å². The van der Waals surface area contributed by atoms with Gasteiger partial charge in [-0.3, -0.25) is 20.2 Å². The van der Waals surface area contributed by atoms with Crippen LogP contribution < -0.4 is 0 Å². The van der Waals surface area contributed by atoms with Gasteiger partial charge in [0.2, 0.25) is 0 Å². The SMILES string of the molecule is O=[N+]([O-])c1cc(Cl)c(-c2c(Cl)cc([N+](=O)[O-])cc2Cl)c(Cl)c1. The van der Waals surface area contributed by atoms with E-state index < -0.39 is 9.85 Å². The number of hydrogen-bond donors (Lipinski definition) is 0. The highest BCUT2D eigenvalue weighted by atomic mass is 35.5. The number of benzene rings is 2. The molecule has 0 radical (unpaired) electrons. The maximum Gasteiger partial charge on any atom is 0.272 e. The number of halogens is 4. The molecule has 0 aliphatic rings. The maximum absolute atomic E-state index is 10.8. The van der Waals surface area contributed by atoms with Crippen molar-refractivity contribution in [1.29, 1.82) is 0 Å². The van der Waals surface area contributed by atoms with Crippen molar-refractivity contribution < 1.29 is 9.85 Å². The molecule has 0 saturated carbocycles. The summed E-state index contributed by atoms with van der Waals surface area (Å²) in [6, 6.07) is 4.38. The van der Waals surface area contributed by atoms with Crippen molar-refractivity contribution >= 4 is 57.8 Å². The summed E-state index contributed by atoms with van der Waals surface area (Å²) in [5.41, 5.74) is -0.265. The van der Waals surface area contributed by atoms with E-state index in [1.807, 2.05) is 0 Å². The summed E-state index contributed by atoms with van der Waals surface area (Å²) in [6.45, 7) is 0. The molecule has 0 spiro atoms. The predicted octanol–water partition coefficient (Wildman–Crippen LogP) is 5.78. The number of nitro groups is 2. The molecule has 0 bridgehead atoms. The van der Waals surface area contributed by atoms with Crippen molar-refractivity contribution in [3.63, 3.8) is 0 Å². The molecule has 0 saturated heterocycles. The molecule has 6 nitrogen and oxygen atoms in total. The molecule has 2 rings (SSSR count). The van der Waals surface area contributed by atoms with E-state index in [2.05, 4.69) is 0 Å². The van der Waals surface area contributed by atoms with Gasteiger partial charge in [-0.15, -0.1) is 0 Å². The molecule has 0 amide bonds. The van der Waals surface area contributed by atoms with Gasteiger partial charge in [0, 0.05) is 35.4 Å². The van der Waals surface area contributed by atoms with Crippen molar-refractivity contribution in [1.82, 2.24) is 0 Å². The summed E-state index contributed by atoms with van der Waals surface area (Å²) in [5.74, 6) is 0. The average molecular weight is 382 g/mol. The van der Waals surface area contributed by atoms with Crippen LogP contribution in [0.15, 0.2) is 24.3 Å². The van der Waals surface area contributed by atoms with Gasteiger partial charge in [-0.05, 0) is 0 Å². The first kappa shape index (κ1) is 16.8. The first-order valence-corrected chi connectivity index (χ1v) is 7.00. The van der Waals surface area contributed by atoms with Crippen LogP contribution in [0.25, 0.3) is 11.1 Å². The van der Waals surface area contributed by atoms with Crippen LogP contribution in [0.2, 0.25) is 20.1 Å². The van der Waals surface area contributed by atoms with Gasteiger partial charge >= 0.3 is 0 Å². The molecule has 0 fully saturated rings. The Labute approximate surface area is 143 Å². The number of rotatable bonds is 3. The van der Waals surface area contributed by atoms with Gasteiger partial charge in [0.25, 0.3) is 11.4 Å². The summed E-state index contributed by atoms with van der Waals surface area (Å²) in [4.78, 5) is 20.2. The number of nitrogens with zero attached hydrogens (tertiary/aromatic N) is 2. The minimum atomic E-state index is -0.652. The molecule has 22 heavy (non-hydrogen) atoms. The van der Waals surface area contributed by atoms with Crippen molar-refractivity contribution in [3.05, 3.63) is 64.6 Å². The summed E-state index contributed by atoms with van der Waals surface area (Å²) in [7, 11) is 0. The first-order valence-electron chi connectivity index (χ1n) is 5.49. The van der Waals surface area contributed by atoms with E-state index in [1.165, 1.54) is 0 Å². The Morgan fingerprint density at radius 3 is 1.05 bits per heavy atom. The van der Waals surface area contributed by atoms with Gasteiger partial charge in [0.1, 0.15) is 0 Å². The third-order valence-corrected chi connectivity index (χ3v) is 3.92. The molecule has 0 atom stereocenters. The zero-order valence-corrected chi connectivity index (χ0v) is 13.4. The Morgan fingerprint density at radius 1 is 0.636 bits per heavy atom. The Hall–Kier alpha value is -1.60.